The molecule has 0 aliphatic carbocycles. The van der Waals surface area contributed by atoms with Crippen molar-refractivity contribution < 1.29 is 14.7 Å². The maximum absolute atomic E-state index is 13.3. The van der Waals surface area contributed by atoms with Crippen molar-refractivity contribution >= 4 is 17.5 Å². The van der Waals surface area contributed by atoms with Crippen molar-refractivity contribution in [3.8, 4) is 0 Å². The molecule has 0 bridgehead atoms. The molecule has 142 valence electrons. The summed E-state index contributed by atoms with van der Waals surface area (Å²) in [6.45, 7) is 0.622. The van der Waals surface area contributed by atoms with Gasteiger partial charge in [0, 0.05) is 32.3 Å². The molecule has 1 atom stereocenters. The number of aliphatic hydroxyl groups is 1. The fraction of sp³-hybridized carbons (Fsp3) is 0.364. The van der Waals surface area contributed by atoms with Gasteiger partial charge in [-0.05, 0) is 36.5 Å². The largest absolute Gasteiger partial charge is 0.396 e. The molecule has 2 N–H and O–H groups in total. The Morgan fingerprint density at radius 1 is 1.07 bits per heavy atom. The molecule has 0 aromatic heterocycles. The van der Waals surface area contributed by atoms with Crippen LogP contribution in [0, 0.1) is 0 Å². The van der Waals surface area contributed by atoms with Gasteiger partial charge in [-0.25, -0.2) is 0 Å². The molecular weight excluding hydrogens is 340 g/mol. The molecule has 1 aliphatic heterocycles. The highest BCUT2D eigenvalue weighted by Gasteiger charge is 2.50. The number of amides is 2. The highest BCUT2D eigenvalue weighted by molar-refractivity contribution is 6.09. The fourth-order valence-electron chi connectivity index (χ4n) is 3.87. The number of likely N-dealkylation sites (N-methyl/N-ethyl adjacent to an activating group) is 1. The Bertz CT molecular complexity index is 806. The van der Waals surface area contributed by atoms with Gasteiger partial charge in [0.2, 0.25) is 11.8 Å². The van der Waals surface area contributed by atoms with Crippen LogP contribution >= 0.6 is 0 Å². The summed E-state index contributed by atoms with van der Waals surface area (Å²) in [5.74, 6) is -0.180. The number of para-hydroxylation sites is 1. The molecule has 0 fully saturated rings. The van der Waals surface area contributed by atoms with Crippen molar-refractivity contribution in [3.05, 3.63) is 65.7 Å². The second kappa shape index (κ2) is 8.35. The normalized spacial score (nSPS) is 18.4. The molecule has 0 spiro atoms. The minimum atomic E-state index is -0.895. The zero-order chi connectivity index (χ0) is 19.3. The third-order valence-electron chi connectivity index (χ3n) is 5.21. The number of carbonyl (C=O) groups excluding carboxylic acids is 2. The zero-order valence-electron chi connectivity index (χ0n) is 15.6. The first-order valence-electron chi connectivity index (χ1n) is 9.37. The molecule has 2 aromatic carbocycles. The van der Waals surface area contributed by atoms with Crippen LogP contribution in [0.3, 0.4) is 0 Å². The fourth-order valence-corrected chi connectivity index (χ4v) is 3.87. The van der Waals surface area contributed by atoms with E-state index in [1.165, 1.54) is 0 Å². The Kier molecular flexibility index (Phi) is 5.91. The number of anilines is 1. The number of carbonyl (C=O) groups is 2. The Morgan fingerprint density at radius 3 is 2.52 bits per heavy atom. The summed E-state index contributed by atoms with van der Waals surface area (Å²) in [4.78, 5) is 27.7. The van der Waals surface area contributed by atoms with E-state index in [-0.39, 0.29) is 24.8 Å². The summed E-state index contributed by atoms with van der Waals surface area (Å²) >= 11 is 0. The van der Waals surface area contributed by atoms with Crippen LogP contribution in [0.2, 0.25) is 0 Å². The van der Waals surface area contributed by atoms with E-state index >= 15 is 0 Å². The van der Waals surface area contributed by atoms with E-state index in [1.807, 2.05) is 54.6 Å². The first-order chi connectivity index (χ1) is 13.1. The number of rotatable bonds is 8. The van der Waals surface area contributed by atoms with E-state index in [1.54, 1.807) is 11.9 Å². The van der Waals surface area contributed by atoms with Crippen LogP contribution in [0.25, 0.3) is 0 Å². The summed E-state index contributed by atoms with van der Waals surface area (Å²) in [5, 5.41) is 11.8. The lowest BCUT2D eigenvalue weighted by molar-refractivity contribution is -0.129. The number of benzene rings is 2. The monoisotopic (exact) mass is 366 g/mol. The van der Waals surface area contributed by atoms with E-state index in [9.17, 15) is 9.59 Å². The lowest BCUT2D eigenvalue weighted by Gasteiger charge is -2.28. The Hall–Kier alpha value is -2.66. The average Bonchev–Trinajstić information content (AvgIpc) is 2.89. The van der Waals surface area contributed by atoms with Gasteiger partial charge in [0.25, 0.3) is 0 Å². The predicted molar refractivity (Wildman–Crippen MR) is 106 cm³/mol. The molecule has 2 aromatic rings. The van der Waals surface area contributed by atoms with Crippen molar-refractivity contribution in [2.45, 2.75) is 31.1 Å². The molecule has 5 nitrogen and oxygen atoms in total. The molecule has 0 saturated heterocycles. The highest BCUT2D eigenvalue weighted by atomic mass is 16.3. The standard InChI is InChI=1S/C22H26N2O3/c1-24-19-12-6-5-11-18(19)22(21(24)27,15-17-9-3-2-4-10-17)16-20(26)23-13-7-8-14-25/h2-6,9-12,25H,7-8,13-16H2,1H3,(H,23,26). The van der Waals surface area contributed by atoms with Crippen LogP contribution in [0.5, 0.6) is 0 Å². The van der Waals surface area contributed by atoms with Crippen LogP contribution in [0.4, 0.5) is 5.69 Å². The third kappa shape index (κ3) is 3.88. The highest BCUT2D eigenvalue weighted by Crippen LogP contribution is 2.45. The first-order valence-corrected chi connectivity index (χ1v) is 9.37. The zero-order valence-corrected chi connectivity index (χ0v) is 15.6. The van der Waals surface area contributed by atoms with Crippen molar-refractivity contribution in [2.75, 3.05) is 25.1 Å². The van der Waals surface area contributed by atoms with Gasteiger partial charge in [-0.15, -0.1) is 0 Å². The van der Waals surface area contributed by atoms with Gasteiger partial charge < -0.3 is 15.3 Å². The van der Waals surface area contributed by atoms with Gasteiger partial charge >= 0.3 is 0 Å². The summed E-state index contributed by atoms with van der Waals surface area (Å²) in [6, 6.07) is 17.6. The summed E-state index contributed by atoms with van der Waals surface area (Å²) in [6.07, 6.45) is 1.97. The van der Waals surface area contributed by atoms with Gasteiger partial charge in [-0.1, -0.05) is 48.5 Å². The summed E-state index contributed by atoms with van der Waals surface area (Å²) < 4.78 is 0. The molecule has 5 heteroatoms. The molecule has 2 amide bonds. The van der Waals surface area contributed by atoms with E-state index in [2.05, 4.69) is 5.32 Å². The molecule has 0 radical (unpaired) electrons. The number of hydrogen-bond donors (Lipinski definition) is 2. The van der Waals surface area contributed by atoms with Crippen molar-refractivity contribution in [3.63, 3.8) is 0 Å². The number of nitrogens with zero attached hydrogens (tertiary/aromatic N) is 1. The van der Waals surface area contributed by atoms with Crippen LogP contribution in [-0.2, 0) is 21.4 Å². The maximum atomic E-state index is 13.3. The van der Waals surface area contributed by atoms with Gasteiger partial charge in [0.1, 0.15) is 0 Å². The van der Waals surface area contributed by atoms with E-state index in [0.29, 0.717) is 19.4 Å². The third-order valence-corrected chi connectivity index (χ3v) is 5.21. The minimum absolute atomic E-state index is 0.0435. The van der Waals surface area contributed by atoms with Gasteiger partial charge in [-0.3, -0.25) is 9.59 Å². The minimum Gasteiger partial charge on any atom is -0.396 e. The molecular formula is C22H26N2O3. The van der Waals surface area contributed by atoms with E-state index in [4.69, 9.17) is 5.11 Å². The van der Waals surface area contributed by atoms with E-state index in [0.717, 1.165) is 23.2 Å². The second-order valence-corrected chi connectivity index (χ2v) is 7.08. The van der Waals surface area contributed by atoms with Crippen LogP contribution in [-0.4, -0.2) is 37.1 Å². The van der Waals surface area contributed by atoms with E-state index < -0.39 is 5.41 Å². The first kappa shape index (κ1) is 19.1. The average molecular weight is 366 g/mol. The lowest BCUT2D eigenvalue weighted by atomic mass is 9.73. The second-order valence-electron chi connectivity index (χ2n) is 7.08. The van der Waals surface area contributed by atoms with Crippen LogP contribution < -0.4 is 10.2 Å². The molecule has 1 unspecified atom stereocenters. The molecule has 1 heterocycles. The predicted octanol–water partition coefficient (Wildman–Crippen LogP) is 2.42. The van der Waals surface area contributed by atoms with Gasteiger partial charge in [0.15, 0.2) is 0 Å². The number of fused-ring (bicyclic) bond motifs is 1. The summed E-state index contributed by atoms with van der Waals surface area (Å²) in [5.41, 5.74) is 1.91. The number of nitrogens with one attached hydrogen (secondary N) is 1. The smallest absolute Gasteiger partial charge is 0.238 e. The lowest BCUT2D eigenvalue weighted by Crippen LogP contribution is -2.44. The van der Waals surface area contributed by atoms with Crippen LogP contribution in [0.15, 0.2) is 54.6 Å². The molecule has 0 saturated carbocycles. The topological polar surface area (TPSA) is 69.6 Å². The Labute approximate surface area is 160 Å². The quantitative estimate of drug-likeness (QED) is 0.705. The Balaban J connectivity index is 1.91. The molecule has 3 rings (SSSR count). The maximum Gasteiger partial charge on any atom is 0.238 e. The number of aliphatic hydroxyl groups excluding tert-OH is 1. The van der Waals surface area contributed by atoms with Crippen LogP contribution in [0.1, 0.15) is 30.4 Å². The molecule has 27 heavy (non-hydrogen) atoms. The van der Waals surface area contributed by atoms with Crippen molar-refractivity contribution in [1.82, 2.24) is 5.32 Å². The number of unbranched alkanes of at least 4 members (excludes halogenated alkanes) is 1. The van der Waals surface area contributed by atoms with Crippen molar-refractivity contribution in [2.24, 2.45) is 0 Å². The summed E-state index contributed by atoms with van der Waals surface area (Å²) in [7, 11) is 1.77. The Morgan fingerprint density at radius 2 is 1.78 bits per heavy atom. The van der Waals surface area contributed by atoms with Gasteiger partial charge in [-0.2, -0.15) is 0 Å². The number of hydrogen-bond acceptors (Lipinski definition) is 3. The van der Waals surface area contributed by atoms with Crippen molar-refractivity contribution in [1.29, 1.82) is 0 Å². The SMILES string of the molecule is CN1C(=O)C(CC(=O)NCCCCO)(Cc2ccccc2)c2ccccc21. The van der Waals surface area contributed by atoms with Gasteiger partial charge in [0.05, 0.1) is 5.41 Å². The molecule has 1 aliphatic rings.